The number of hydrogen-bond donors (Lipinski definition) is 1. The first-order valence-corrected chi connectivity index (χ1v) is 6.92. The summed E-state index contributed by atoms with van der Waals surface area (Å²) < 4.78 is 13.5. The van der Waals surface area contributed by atoms with Gasteiger partial charge in [-0.25, -0.2) is 4.39 Å². The third kappa shape index (κ3) is 2.07. The molecule has 20 heavy (non-hydrogen) atoms. The lowest BCUT2D eigenvalue weighted by atomic mass is 9.76. The zero-order valence-electron chi connectivity index (χ0n) is 11.2. The van der Waals surface area contributed by atoms with Gasteiger partial charge in [0.25, 0.3) is 0 Å². The summed E-state index contributed by atoms with van der Waals surface area (Å²) in [4.78, 5) is 25.7. The summed E-state index contributed by atoms with van der Waals surface area (Å²) in [6, 6.07) is 4.05. The van der Waals surface area contributed by atoms with E-state index in [0.29, 0.717) is 12.8 Å². The van der Waals surface area contributed by atoms with E-state index in [9.17, 15) is 14.0 Å². The van der Waals surface area contributed by atoms with Crippen LogP contribution in [0.25, 0.3) is 0 Å². The van der Waals surface area contributed by atoms with Gasteiger partial charge >= 0.3 is 0 Å². The van der Waals surface area contributed by atoms with E-state index in [0.717, 1.165) is 36.6 Å². The highest BCUT2D eigenvalue weighted by molar-refractivity contribution is 6.17. The molecule has 0 radical (unpaired) electrons. The predicted octanol–water partition coefficient (Wildman–Crippen LogP) is 2.62. The number of nitrogen functional groups attached to an aromatic ring is 1. The molecule has 0 bridgehead atoms. The quantitative estimate of drug-likeness (QED) is 0.633. The molecule has 0 aromatic heterocycles. The normalized spacial score (nSPS) is 21.8. The summed E-state index contributed by atoms with van der Waals surface area (Å²) in [7, 11) is 0. The predicted molar refractivity (Wildman–Crippen MR) is 73.4 cm³/mol. The average Bonchev–Trinajstić information content (AvgIpc) is 2.80. The fourth-order valence-corrected chi connectivity index (χ4v) is 3.42. The highest BCUT2D eigenvalue weighted by atomic mass is 19.1. The first-order valence-electron chi connectivity index (χ1n) is 6.92. The van der Waals surface area contributed by atoms with Gasteiger partial charge in [0, 0.05) is 18.9 Å². The van der Waals surface area contributed by atoms with Crippen molar-refractivity contribution in [3.8, 4) is 0 Å². The first kappa shape index (κ1) is 13.1. The lowest BCUT2D eigenvalue weighted by molar-refractivity contribution is -0.133. The number of carbonyl (C=O) groups excluding carboxylic acids is 2. The van der Waals surface area contributed by atoms with Gasteiger partial charge in [0.15, 0.2) is 0 Å². The van der Waals surface area contributed by atoms with Crippen molar-refractivity contribution in [2.45, 2.75) is 38.5 Å². The van der Waals surface area contributed by atoms with Crippen LogP contribution in [0.2, 0.25) is 0 Å². The van der Waals surface area contributed by atoms with Crippen molar-refractivity contribution in [1.29, 1.82) is 0 Å². The van der Waals surface area contributed by atoms with Crippen molar-refractivity contribution in [3.05, 3.63) is 24.0 Å². The molecule has 1 saturated carbocycles. The third-order valence-electron chi connectivity index (χ3n) is 4.46. The van der Waals surface area contributed by atoms with Crippen LogP contribution < -0.4 is 10.6 Å². The SMILES string of the molecule is Nc1ccc(N2C(=O)CC3(CCCC3)CC2=O)cc1F. The summed E-state index contributed by atoms with van der Waals surface area (Å²) >= 11 is 0. The van der Waals surface area contributed by atoms with E-state index in [1.54, 1.807) is 0 Å². The monoisotopic (exact) mass is 276 g/mol. The number of carbonyl (C=O) groups is 2. The maximum Gasteiger partial charge on any atom is 0.234 e. The molecule has 2 N–H and O–H groups in total. The van der Waals surface area contributed by atoms with Gasteiger partial charge in [0.1, 0.15) is 5.82 Å². The Morgan fingerprint density at radius 3 is 2.25 bits per heavy atom. The van der Waals surface area contributed by atoms with Crippen LogP contribution in [0.5, 0.6) is 0 Å². The molecule has 1 heterocycles. The van der Waals surface area contributed by atoms with Crippen LogP contribution in [-0.4, -0.2) is 11.8 Å². The molecule has 1 aliphatic heterocycles. The summed E-state index contributed by atoms with van der Waals surface area (Å²) in [5.74, 6) is -1.07. The summed E-state index contributed by atoms with van der Waals surface area (Å²) in [5.41, 5.74) is 5.57. The Hall–Kier alpha value is -1.91. The summed E-state index contributed by atoms with van der Waals surface area (Å²) in [6.45, 7) is 0. The number of nitrogens with two attached hydrogens (primary N) is 1. The minimum Gasteiger partial charge on any atom is -0.396 e. The molecular weight excluding hydrogens is 259 g/mol. The van der Waals surface area contributed by atoms with Crippen LogP contribution in [0.15, 0.2) is 18.2 Å². The molecule has 1 aromatic carbocycles. The second kappa shape index (κ2) is 4.58. The maximum atomic E-state index is 13.5. The minimum atomic E-state index is -0.607. The molecule has 1 aliphatic carbocycles. The number of hydrogen-bond acceptors (Lipinski definition) is 3. The summed E-state index contributed by atoms with van der Waals surface area (Å²) in [6.07, 6.45) is 4.80. The van der Waals surface area contributed by atoms with Crippen molar-refractivity contribution in [2.24, 2.45) is 5.41 Å². The Balaban J connectivity index is 1.89. The topological polar surface area (TPSA) is 63.4 Å². The molecule has 1 spiro atoms. The molecule has 2 fully saturated rings. The molecule has 106 valence electrons. The lowest BCUT2D eigenvalue weighted by Crippen LogP contribution is -2.47. The van der Waals surface area contributed by atoms with E-state index in [1.165, 1.54) is 12.1 Å². The number of amides is 2. The van der Waals surface area contributed by atoms with E-state index in [2.05, 4.69) is 0 Å². The zero-order valence-corrected chi connectivity index (χ0v) is 11.2. The number of rotatable bonds is 1. The molecule has 0 atom stereocenters. The van der Waals surface area contributed by atoms with Crippen molar-refractivity contribution < 1.29 is 14.0 Å². The highest BCUT2D eigenvalue weighted by Crippen LogP contribution is 2.47. The molecular formula is C15H17FN2O2. The van der Waals surface area contributed by atoms with Crippen LogP contribution >= 0.6 is 0 Å². The fourth-order valence-electron chi connectivity index (χ4n) is 3.42. The minimum absolute atomic E-state index is 0.0120. The van der Waals surface area contributed by atoms with Crippen molar-refractivity contribution in [1.82, 2.24) is 0 Å². The fraction of sp³-hybridized carbons (Fsp3) is 0.467. The van der Waals surface area contributed by atoms with Crippen molar-refractivity contribution >= 4 is 23.2 Å². The van der Waals surface area contributed by atoms with Gasteiger partial charge in [0.2, 0.25) is 11.8 Å². The largest absolute Gasteiger partial charge is 0.396 e. The van der Waals surface area contributed by atoms with Gasteiger partial charge < -0.3 is 5.73 Å². The lowest BCUT2D eigenvalue weighted by Gasteiger charge is -2.37. The second-order valence-electron chi connectivity index (χ2n) is 5.89. The number of piperidine rings is 1. The van der Waals surface area contributed by atoms with Crippen molar-refractivity contribution in [2.75, 3.05) is 10.6 Å². The number of imide groups is 1. The maximum absolute atomic E-state index is 13.5. The van der Waals surface area contributed by atoms with Crippen LogP contribution in [0, 0.1) is 11.2 Å². The standard InChI is InChI=1S/C15H17FN2O2/c16-11-7-10(3-4-12(11)17)18-13(19)8-15(9-14(18)20)5-1-2-6-15/h3-4,7H,1-2,5-6,8-9,17H2. The average molecular weight is 276 g/mol. The van der Waals surface area contributed by atoms with Gasteiger partial charge in [-0.15, -0.1) is 0 Å². The number of nitrogens with zero attached hydrogens (tertiary/aromatic N) is 1. The molecule has 4 nitrogen and oxygen atoms in total. The second-order valence-corrected chi connectivity index (χ2v) is 5.89. The molecule has 0 unspecified atom stereocenters. The zero-order chi connectivity index (χ0) is 14.3. The highest BCUT2D eigenvalue weighted by Gasteiger charge is 2.45. The molecule has 5 heteroatoms. The molecule has 1 aromatic rings. The van der Waals surface area contributed by atoms with E-state index in [1.807, 2.05) is 0 Å². The Morgan fingerprint density at radius 2 is 1.70 bits per heavy atom. The third-order valence-corrected chi connectivity index (χ3v) is 4.46. The van der Waals surface area contributed by atoms with E-state index in [4.69, 9.17) is 5.73 Å². The van der Waals surface area contributed by atoms with Gasteiger partial charge in [-0.3, -0.25) is 14.5 Å². The number of anilines is 2. The molecule has 1 saturated heterocycles. The smallest absolute Gasteiger partial charge is 0.234 e. The van der Waals surface area contributed by atoms with Crippen LogP contribution in [0.1, 0.15) is 38.5 Å². The van der Waals surface area contributed by atoms with Gasteiger partial charge in [-0.2, -0.15) is 0 Å². The molecule has 2 amide bonds. The van der Waals surface area contributed by atoms with E-state index in [-0.39, 0.29) is 28.6 Å². The van der Waals surface area contributed by atoms with E-state index >= 15 is 0 Å². The van der Waals surface area contributed by atoms with Crippen LogP contribution in [-0.2, 0) is 9.59 Å². The van der Waals surface area contributed by atoms with Gasteiger partial charge in [0.05, 0.1) is 11.4 Å². The summed E-state index contributed by atoms with van der Waals surface area (Å²) in [5, 5.41) is 0. The van der Waals surface area contributed by atoms with Crippen LogP contribution in [0.4, 0.5) is 15.8 Å². The Bertz CT molecular complexity index is 559. The number of halogens is 1. The van der Waals surface area contributed by atoms with Crippen molar-refractivity contribution in [3.63, 3.8) is 0 Å². The Morgan fingerprint density at radius 1 is 1.10 bits per heavy atom. The molecule has 2 aliphatic rings. The van der Waals surface area contributed by atoms with Gasteiger partial charge in [-0.1, -0.05) is 12.8 Å². The van der Waals surface area contributed by atoms with E-state index < -0.39 is 5.82 Å². The van der Waals surface area contributed by atoms with Gasteiger partial charge in [-0.05, 0) is 30.4 Å². The number of benzene rings is 1. The first-order chi connectivity index (χ1) is 9.51. The Kier molecular flexibility index (Phi) is 3.00. The molecule has 3 rings (SSSR count). The Labute approximate surface area is 116 Å². The van der Waals surface area contributed by atoms with Crippen LogP contribution in [0.3, 0.4) is 0 Å².